The summed E-state index contributed by atoms with van der Waals surface area (Å²) in [6, 6.07) is 0. The quantitative estimate of drug-likeness (QED) is 0.303. The number of hydrogen-bond acceptors (Lipinski definition) is 4. The Bertz CT molecular complexity index is 104. The molecule has 1 nitrogen and oxygen atoms in total. The molecule has 13 heavy (non-hydrogen) atoms. The largest absolute Gasteiger partial charge is 0.391 e. The molecule has 0 saturated carbocycles. The van der Waals surface area contributed by atoms with Crippen LogP contribution in [-0.4, -0.2) is 38.9 Å². The maximum atomic E-state index is 9.14. The van der Waals surface area contributed by atoms with E-state index in [1.54, 1.807) is 11.8 Å². The van der Waals surface area contributed by atoms with Crippen LogP contribution in [0, 0.1) is 0 Å². The summed E-state index contributed by atoms with van der Waals surface area (Å²) in [5.41, 5.74) is 0. The Morgan fingerprint density at radius 2 is 2.15 bits per heavy atom. The van der Waals surface area contributed by atoms with Crippen molar-refractivity contribution in [2.45, 2.75) is 24.0 Å². The predicted molar refractivity (Wildman–Crippen MR) is 69.6 cm³/mol. The molecule has 2 unspecified atom stereocenters. The van der Waals surface area contributed by atoms with Gasteiger partial charge in [0.15, 0.2) is 0 Å². The molecule has 0 amide bonds. The van der Waals surface area contributed by atoms with Crippen molar-refractivity contribution in [1.82, 2.24) is 0 Å². The maximum Gasteiger partial charge on any atom is 0.0765 e. The summed E-state index contributed by atoms with van der Waals surface area (Å²) in [6.45, 7) is 2.13. The van der Waals surface area contributed by atoms with Gasteiger partial charge in [0, 0.05) is 27.7 Å². The Morgan fingerprint density at radius 1 is 1.46 bits per heavy atom. The van der Waals surface area contributed by atoms with Gasteiger partial charge in [-0.05, 0) is 6.42 Å². The molecule has 1 N–H and O–H groups in total. The third-order valence-electron chi connectivity index (χ3n) is 1.38. The average Bonchev–Trinajstić information content (AvgIpc) is 2.16. The highest BCUT2D eigenvalue weighted by atomic mass is 35.5. The Morgan fingerprint density at radius 3 is 2.69 bits per heavy atom. The van der Waals surface area contributed by atoms with Crippen molar-refractivity contribution < 1.29 is 5.11 Å². The predicted octanol–water partition coefficient (Wildman–Crippen LogP) is 2.72. The maximum absolute atomic E-state index is 9.14. The lowest BCUT2D eigenvalue weighted by Gasteiger charge is -2.08. The lowest BCUT2D eigenvalue weighted by molar-refractivity contribution is 0.224. The second kappa shape index (κ2) is 9.84. The van der Waals surface area contributed by atoms with E-state index < -0.39 is 0 Å². The van der Waals surface area contributed by atoms with Crippen molar-refractivity contribution >= 4 is 47.8 Å². The molecule has 80 valence electrons. The molecule has 2 atom stereocenters. The van der Waals surface area contributed by atoms with Crippen LogP contribution in [0.1, 0.15) is 13.3 Å². The third-order valence-corrected chi connectivity index (χ3v) is 5.07. The summed E-state index contributed by atoms with van der Waals surface area (Å²) >= 11 is 13.4. The summed E-state index contributed by atoms with van der Waals surface area (Å²) in [4.78, 5) is 0. The molecular weight excluding hydrogens is 244 g/mol. The first-order valence-electron chi connectivity index (χ1n) is 4.32. The summed E-state index contributed by atoms with van der Waals surface area (Å²) in [5.74, 6) is 3.25. The molecule has 0 aromatic rings. The van der Waals surface area contributed by atoms with E-state index in [0.29, 0.717) is 10.5 Å². The number of hydrogen-bond donors (Lipinski definition) is 2. The van der Waals surface area contributed by atoms with E-state index in [2.05, 4.69) is 19.6 Å². The second-order valence-electron chi connectivity index (χ2n) is 2.62. The molecule has 0 aromatic heterocycles. The van der Waals surface area contributed by atoms with Gasteiger partial charge in [0.2, 0.25) is 0 Å². The highest BCUT2D eigenvalue weighted by Gasteiger charge is 2.02. The normalized spacial score (nSPS) is 15.7. The Kier molecular flexibility index (Phi) is 10.8. The topological polar surface area (TPSA) is 20.2 Å². The van der Waals surface area contributed by atoms with E-state index in [1.807, 2.05) is 11.8 Å². The minimum Gasteiger partial charge on any atom is -0.391 e. The molecule has 0 fully saturated rings. The van der Waals surface area contributed by atoms with Crippen LogP contribution in [0.2, 0.25) is 0 Å². The standard InChI is InChI=1S/C8H17ClOS3/c1-2-8(11)13-4-3-12-6-7(10)5-9/h7-8,10-11H,2-6H2,1H3. The summed E-state index contributed by atoms with van der Waals surface area (Å²) in [5, 5.41) is 9.14. The smallest absolute Gasteiger partial charge is 0.0765 e. The van der Waals surface area contributed by atoms with Crippen molar-refractivity contribution in [2.24, 2.45) is 0 Å². The van der Waals surface area contributed by atoms with E-state index in [0.717, 1.165) is 23.7 Å². The Labute approximate surface area is 99.8 Å². The van der Waals surface area contributed by atoms with Gasteiger partial charge in [-0.2, -0.15) is 24.4 Å². The van der Waals surface area contributed by atoms with Crippen LogP contribution in [0.15, 0.2) is 0 Å². The van der Waals surface area contributed by atoms with Crippen molar-refractivity contribution in [3.8, 4) is 0 Å². The van der Waals surface area contributed by atoms with Gasteiger partial charge in [0.25, 0.3) is 0 Å². The van der Waals surface area contributed by atoms with Gasteiger partial charge in [-0.3, -0.25) is 0 Å². The fourth-order valence-electron chi connectivity index (χ4n) is 0.625. The minimum absolute atomic E-state index is 0.338. The first-order chi connectivity index (χ1) is 6.20. The number of rotatable bonds is 8. The molecule has 0 radical (unpaired) electrons. The lowest BCUT2D eigenvalue weighted by Crippen LogP contribution is -2.11. The van der Waals surface area contributed by atoms with Crippen molar-refractivity contribution in [2.75, 3.05) is 23.1 Å². The molecule has 5 heteroatoms. The number of alkyl halides is 1. The summed E-state index contributed by atoms with van der Waals surface area (Å²) < 4.78 is 0.457. The first kappa shape index (κ1) is 14.3. The fraction of sp³-hybridized carbons (Fsp3) is 1.00. The van der Waals surface area contributed by atoms with Crippen LogP contribution in [0.4, 0.5) is 0 Å². The van der Waals surface area contributed by atoms with E-state index >= 15 is 0 Å². The molecule has 0 heterocycles. The number of aliphatic hydroxyl groups excluding tert-OH is 1. The summed E-state index contributed by atoms with van der Waals surface area (Å²) in [7, 11) is 0. The van der Waals surface area contributed by atoms with Crippen LogP contribution in [-0.2, 0) is 0 Å². The second-order valence-corrected chi connectivity index (χ2v) is 6.36. The number of thiol groups is 1. The van der Waals surface area contributed by atoms with Crippen molar-refractivity contribution in [1.29, 1.82) is 0 Å². The molecule has 0 aliphatic carbocycles. The summed E-state index contributed by atoms with van der Waals surface area (Å²) in [6.07, 6.45) is 0.748. The van der Waals surface area contributed by atoms with Crippen LogP contribution in [0.25, 0.3) is 0 Å². The van der Waals surface area contributed by atoms with E-state index in [1.165, 1.54) is 0 Å². The minimum atomic E-state index is -0.352. The van der Waals surface area contributed by atoms with Crippen LogP contribution in [0.3, 0.4) is 0 Å². The highest BCUT2D eigenvalue weighted by molar-refractivity contribution is 8.11. The molecular formula is C8H17ClOS3. The third kappa shape index (κ3) is 9.60. The highest BCUT2D eigenvalue weighted by Crippen LogP contribution is 2.19. The molecule has 0 spiro atoms. The van der Waals surface area contributed by atoms with E-state index in [4.69, 9.17) is 16.7 Å². The number of thioether (sulfide) groups is 2. The van der Waals surface area contributed by atoms with Gasteiger partial charge in [-0.15, -0.1) is 23.4 Å². The molecule has 0 aliphatic rings. The molecule has 0 aliphatic heterocycles. The van der Waals surface area contributed by atoms with Gasteiger partial charge in [-0.25, -0.2) is 0 Å². The van der Waals surface area contributed by atoms with E-state index in [9.17, 15) is 0 Å². The first-order valence-corrected chi connectivity index (χ1v) is 7.57. The zero-order valence-electron chi connectivity index (χ0n) is 7.78. The number of halogens is 1. The van der Waals surface area contributed by atoms with Crippen LogP contribution in [0.5, 0.6) is 0 Å². The van der Waals surface area contributed by atoms with Gasteiger partial charge in [-0.1, -0.05) is 6.92 Å². The zero-order valence-corrected chi connectivity index (χ0v) is 11.1. The van der Waals surface area contributed by atoms with Gasteiger partial charge < -0.3 is 5.11 Å². The van der Waals surface area contributed by atoms with Crippen molar-refractivity contribution in [3.05, 3.63) is 0 Å². The zero-order chi connectivity index (χ0) is 10.1. The van der Waals surface area contributed by atoms with Crippen molar-refractivity contribution in [3.63, 3.8) is 0 Å². The molecule has 0 rings (SSSR count). The molecule has 0 saturated heterocycles. The SMILES string of the molecule is CCC(S)SCCSCC(O)CCl. The Hall–Kier alpha value is 1.30. The van der Waals surface area contributed by atoms with Gasteiger partial charge in [0.1, 0.15) is 0 Å². The lowest BCUT2D eigenvalue weighted by atomic mass is 10.5. The number of aliphatic hydroxyl groups is 1. The fourth-order valence-corrected chi connectivity index (χ4v) is 3.10. The van der Waals surface area contributed by atoms with Crippen LogP contribution < -0.4 is 0 Å². The van der Waals surface area contributed by atoms with Gasteiger partial charge in [0.05, 0.1) is 6.10 Å². The van der Waals surface area contributed by atoms with Gasteiger partial charge >= 0.3 is 0 Å². The molecule has 0 aromatic carbocycles. The average molecular weight is 261 g/mol. The monoisotopic (exact) mass is 260 g/mol. The Balaban J connectivity index is 3.08. The molecule has 0 bridgehead atoms. The van der Waals surface area contributed by atoms with E-state index in [-0.39, 0.29) is 6.10 Å². The van der Waals surface area contributed by atoms with Crippen LogP contribution >= 0.6 is 47.8 Å².